The molecule has 226 valence electrons. The van der Waals surface area contributed by atoms with Crippen LogP contribution in [0.5, 0.6) is 0 Å². The highest BCUT2D eigenvalue weighted by molar-refractivity contribution is 5.98. The molecule has 8 rings (SSSR count). The topological polar surface area (TPSA) is 38.4 Å². The third-order valence-electron chi connectivity index (χ3n) is 8.77. The number of hydrazone groups is 1. The summed E-state index contributed by atoms with van der Waals surface area (Å²) >= 11 is 0. The molecule has 2 N–H and O–H groups in total. The van der Waals surface area contributed by atoms with Gasteiger partial charge in [0.25, 0.3) is 0 Å². The van der Waals surface area contributed by atoms with Gasteiger partial charge in [-0.25, -0.2) is 0 Å². The van der Waals surface area contributed by atoms with E-state index in [4.69, 9.17) is 0 Å². The van der Waals surface area contributed by atoms with E-state index in [2.05, 4.69) is 158 Å². The molecule has 0 saturated heterocycles. The molecular weight excluding hydrogens is 556 g/mol. The van der Waals surface area contributed by atoms with Gasteiger partial charge in [-0.2, -0.15) is 5.10 Å². The summed E-state index contributed by atoms with van der Waals surface area (Å²) in [5.74, 6) is 4.36. The third-order valence-corrected chi connectivity index (χ3v) is 8.77. The van der Waals surface area contributed by atoms with Crippen LogP contribution >= 0.6 is 0 Å². The fraction of sp³-hybridized carbons (Fsp3) is 0.114. The number of hydrogen-bond acceptors (Lipinski definition) is 2. The van der Waals surface area contributed by atoms with E-state index in [1.165, 1.54) is 72.0 Å². The Bertz CT molecular complexity index is 2010. The molecule has 0 amide bonds. The third kappa shape index (κ3) is 6.92. The van der Waals surface area contributed by atoms with Crippen molar-refractivity contribution in [3.8, 4) is 22.3 Å². The molecule has 6 aromatic carbocycles. The molecule has 0 fully saturated rings. The lowest BCUT2D eigenvalue weighted by molar-refractivity contribution is 1.05. The molecule has 2 aliphatic rings. The highest BCUT2D eigenvalue weighted by Crippen LogP contribution is 2.42. The first-order valence-corrected chi connectivity index (χ1v) is 16.0. The quantitative estimate of drug-likeness (QED) is 0.122. The van der Waals surface area contributed by atoms with Crippen LogP contribution in [0, 0.1) is 6.92 Å². The Morgan fingerprint density at radius 2 is 1.41 bits per heavy atom. The lowest BCUT2D eigenvalue weighted by atomic mass is 9.91. The van der Waals surface area contributed by atoms with Gasteiger partial charge in [-0.05, 0) is 105 Å². The minimum atomic E-state index is 0.959. The standard InChI is InChI=1S/C36H28.C7H8.CH4N2/c1-2-8-26(9-3-1)27-18-16-25(17-19-27)22-31-12-6-13-32-23-29-20-21-30(24-35(29)36(31)32)34-15-7-11-28-10-4-5-14-33(28)34;1-7-5-3-2-4-6-7;1-3-2/h1-2,4-8,10-21,24H,3,9,22-23H2;2-6H,1H3;1-2H2. The average Bonchev–Trinajstić information content (AvgIpc) is 3.49. The average molecular weight is 597 g/mol. The van der Waals surface area contributed by atoms with Crippen LogP contribution in [0.15, 0.2) is 157 Å². The van der Waals surface area contributed by atoms with Crippen LogP contribution in [0.1, 0.15) is 46.2 Å². The first-order chi connectivity index (χ1) is 22.6. The van der Waals surface area contributed by atoms with Gasteiger partial charge in [-0.15, -0.1) is 0 Å². The van der Waals surface area contributed by atoms with E-state index >= 15 is 0 Å². The molecule has 0 aliphatic heterocycles. The zero-order valence-corrected chi connectivity index (χ0v) is 26.5. The van der Waals surface area contributed by atoms with Crippen molar-refractivity contribution in [2.45, 2.75) is 32.6 Å². The number of nitrogens with two attached hydrogens (primary N) is 1. The number of hydrogen-bond donors (Lipinski definition) is 1. The van der Waals surface area contributed by atoms with Gasteiger partial charge in [0, 0.05) is 6.72 Å². The summed E-state index contributed by atoms with van der Waals surface area (Å²) < 4.78 is 0. The van der Waals surface area contributed by atoms with Crippen molar-refractivity contribution in [3.05, 3.63) is 185 Å². The molecule has 0 atom stereocenters. The van der Waals surface area contributed by atoms with Gasteiger partial charge in [0.05, 0.1) is 0 Å². The maximum Gasteiger partial charge on any atom is 0.0102 e. The van der Waals surface area contributed by atoms with E-state index in [0.29, 0.717) is 0 Å². The number of nitrogens with zero attached hydrogens (tertiary/aromatic N) is 1. The molecule has 0 heterocycles. The van der Waals surface area contributed by atoms with Crippen molar-refractivity contribution < 1.29 is 0 Å². The molecule has 0 radical (unpaired) electrons. The molecule has 6 aromatic rings. The predicted octanol–water partition coefficient (Wildman–Crippen LogP) is 11.0. The summed E-state index contributed by atoms with van der Waals surface area (Å²) in [6, 6.07) is 48.8. The second-order valence-electron chi connectivity index (χ2n) is 11.9. The molecule has 2 aliphatic carbocycles. The molecule has 46 heavy (non-hydrogen) atoms. The van der Waals surface area contributed by atoms with Crippen LogP contribution in [-0.2, 0) is 12.8 Å². The largest absolute Gasteiger partial charge is 0.324 e. The SMILES string of the molecule is C1=CCCC(c2ccc(Cc3cccc4c3-c3cc(-c5cccc6ccccc56)ccc3C4)cc2)=C1.C=NN.Cc1ccccc1. The highest BCUT2D eigenvalue weighted by atomic mass is 15.1. The van der Waals surface area contributed by atoms with Crippen molar-refractivity contribution >= 4 is 23.1 Å². The van der Waals surface area contributed by atoms with Gasteiger partial charge in [0.15, 0.2) is 0 Å². The predicted molar refractivity (Wildman–Crippen MR) is 198 cm³/mol. The van der Waals surface area contributed by atoms with E-state index in [1.54, 1.807) is 0 Å². The summed E-state index contributed by atoms with van der Waals surface area (Å²) in [5, 5.41) is 5.36. The second kappa shape index (κ2) is 14.5. The van der Waals surface area contributed by atoms with E-state index in [-0.39, 0.29) is 0 Å². The zero-order valence-electron chi connectivity index (χ0n) is 26.5. The van der Waals surface area contributed by atoms with Crippen LogP contribution < -0.4 is 5.84 Å². The number of aryl methyl sites for hydroxylation is 1. The normalized spacial score (nSPS) is 12.5. The van der Waals surface area contributed by atoms with Gasteiger partial charge >= 0.3 is 0 Å². The van der Waals surface area contributed by atoms with Crippen molar-refractivity contribution in [2.75, 3.05) is 0 Å². The Kier molecular flexibility index (Phi) is 9.66. The van der Waals surface area contributed by atoms with Crippen LogP contribution in [0.3, 0.4) is 0 Å². The Morgan fingerprint density at radius 1 is 0.696 bits per heavy atom. The van der Waals surface area contributed by atoms with Crippen LogP contribution in [0.4, 0.5) is 0 Å². The number of fused-ring (bicyclic) bond motifs is 4. The lowest BCUT2D eigenvalue weighted by Crippen LogP contribution is -1.94. The van der Waals surface area contributed by atoms with Gasteiger partial charge in [0.2, 0.25) is 0 Å². The fourth-order valence-electron chi connectivity index (χ4n) is 6.54. The van der Waals surface area contributed by atoms with Crippen LogP contribution in [-0.4, -0.2) is 6.72 Å². The maximum atomic E-state index is 4.36. The monoisotopic (exact) mass is 596 g/mol. The molecular formula is C44H40N2. The Labute approximate surface area is 273 Å². The molecule has 2 nitrogen and oxygen atoms in total. The van der Waals surface area contributed by atoms with Gasteiger partial charge in [-0.1, -0.05) is 151 Å². The summed E-state index contributed by atoms with van der Waals surface area (Å²) in [4.78, 5) is 0. The van der Waals surface area contributed by atoms with E-state index < -0.39 is 0 Å². The minimum Gasteiger partial charge on any atom is -0.324 e. The first-order valence-electron chi connectivity index (χ1n) is 16.0. The molecule has 2 heteroatoms. The van der Waals surface area contributed by atoms with E-state index in [0.717, 1.165) is 25.7 Å². The zero-order chi connectivity index (χ0) is 31.7. The molecule has 0 spiro atoms. The maximum absolute atomic E-state index is 4.36. The summed E-state index contributed by atoms with van der Waals surface area (Å²) in [5.41, 5.74) is 15.3. The summed E-state index contributed by atoms with van der Waals surface area (Å²) in [7, 11) is 0. The van der Waals surface area contributed by atoms with Gasteiger partial charge in [-0.3, -0.25) is 0 Å². The van der Waals surface area contributed by atoms with Gasteiger partial charge in [0.1, 0.15) is 0 Å². The van der Waals surface area contributed by atoms with Crippen molar-refractivity contribution in [1.82, 2.24) is 0 Å². The Balaban J connectivity index is 0.000000322. The van der Waals surface area contributed by atoms with E-state index in [1.807, 2.05) is 18.2 Å². The highest BCUT2D eigenvalue weighted by Gasteiger charge is 2.22. The van der Waals surface area contributed by atoms with Crippen molar-refractivity contribution in [2.24, 2.45) is 10.9 Å². The lowest BCUT2D eigenvalue weighted by Gasteiger charge is -2.13. The Morgan fingerprint density at radius 3 is 2.15 bits per heavy atom. The number of benzene rings is 6. The molecule has 0 aromatic heterocycles. The fourth-order valence-corrected chi connectivity index (χ4v) is 6.54. The van der Waals surface area contributed by atoms with Crippen LogP contribution in [0.25, 0.3) is 38.6 Å². The minimum absolute atomic E-state index is 0.959. The summed E-state index contributed by atoms with van der Waals surface area (Å²) in [6.07, 6.45) is 10.9. The smallest absolute Gasteiger partial charge is 0.0102 e. The Hall–Kier alpha value is -5.47. The summed E-state index contributed by atoms with van der Waals surface area (Å²) in [6.45, 7) is 4.97. The van der Waals surface area contributed by atoms with E-state index in [9.17, 15) is 0 Å². The van der Waals surface area contributed by atoms with Gasteiger partial charge < -0.3 is 5.84 Å². The van der Waals surface area contributed by atoms with Crippen LogP contribution in [0.2, 0.25) is 0 Å². The molecule has 0 unspecified atom stereocenters. The van der Waals surface area contributed by atoms with Crippen molar-refractivity contribution in [1.29, 1.82) is 0 Å². The number of rotatable bonds is 4. The molecule has 0 bridgehead atoms. The van der Waals surface area contributed by atoms with Crippen molar-refractivity contribution in [3.63, 3.8) is 0 Å². The molecule has 0 saturated carbocycles. The second-order valence-corrected chi connectivity index (χ2v) is 11.9. The first kappa shape index (κ1) is 30.6. The number of allylic oxidation sites excluding steroid dienone is 4.